The number of rotatable bonds is 8. The molecule has 6 rings (SSSR count). The molecule has 1 aromatic carbocycles. The minimum absolute atomic E-state index is 0.00462. The van der Waals surface area contributed by atoms with Gasteiger partial charge in [-0.3, -0.25) is 9.59 Å². The number of carbonyl (C=O) groups excluding carboxylic acids is 2. The Morgan fingerprint density at radius 2 is 1.74 bits per heavy atom. The van der Waals surface area contributed by atoms with Crippen LogP contribution in [0, 0.1) is 11.8 Å². The molecule has 12 nitrogen and oxygen atoms in total. The summed E-state index contributed by atoms with van der Waals surface area (Å²) in [5.74, 6) is -1.87. The molecule has 3 aliphatic rings. The van der Waals surface area contributed by atoms with Crippen molar-refractivity contribution >= 4 is 56.4 Å². The number of benzene rings is 1. The van der Waals surface area contributed by atoms with Gasteiger partial charge in [0.25, 0.3) is 0 Å². The van der Waals surface area contributed by atoms with Crippen molar-refractivity contribution in [2.75, 3.05) is 41.7 Å². The fourth-order valence-corrected chi connectivity index (χ4v) is 9.74. The zero-order valence-corrected chi connectivity index (χ0v) is 30.3. The highest BCUT2D eigenvalue weighted by atomic mass is 32.2. The number of sulfonamides is 1. The van der Waals surface area contributed by atoms with Crippen LogP contribution in [0.5, 0.6) is 0 Å². The van der Waals surface area contributed by atoms with E-state index in [2.05, 4.69) is 4.98 Å². The number of aromatic nitrogens is 1. The fraction of sp³-hybridized carbons (Fsp3) is 0.500. The largest absolute Gasteiger partial charge is 0.477 e. The third-order valence-electron chi connectivity index (χ3n) is 9.69. The van der Waals surface area contributed by atoms with Crippen molar-refractivity contribution < 1.29 is 32.6 Å². The van der Waals surface area contributed by atoms with E-state index in [0.717, 1.165) is 60.3 Å². The number of nitrogen functional groups attached to an aromatic ring is 1. The number of pyridine rings is 1. The Balaban J connectivity index is 1.27. The molecule has 2 aliphatic heterocycles. The number of hydrogen-bond acceptors (Lipinski definition) is 10. The van der Waals surface area contributed by atoms with Crippen LogP contribution in [0.1, 0.15) is 75.4 Å². The van der Waals surface area contributed by atoms with Gasteiger partial charge < -0.3 is 25.4 Å². The summed E-state index contributed by atoms with van der Waals surface area (Å²) in [5.41, 5.74) is 7.13. The van der Waals surface area contributed by atoms with Gasteiger partial charge in [-0.1, -0.05) is 49.6 Å². The summed E-state index contributed by atoms with van der Waals surface area (Å²) in [5, 5.41) is 10.2. The van der Waals surface area contributed by atoms with E-state index in [-0.39, 0.29) is 39.8 Å². The SMILES string of the molecule is CC(C)(C)OC(=O)[C@H]1CCCN(c2ncc(S(=O)(=O)N3CC(=O)N(c4cc(-c5ccccc5)sc4C(=O)O)[C@H](C4CCCCC4)C3)cc2N)C1. The van der Waals surface area contributed by atoms with Crippen molar-refractivity contribution in [3.05, 3.63) is 53.5 Å². The molecule has 3 fully saturated rings. The van der Waals surface area contributed by atoms with Crippen LogP contribution in [0.15, 0.2) is 53.6 Å². The molecule has 0 bridgehead atoms. The molecule has 4 heterocycles. The lowest BCUT2D eigenvalue weighted by Crippen LogP contribution is -2.60. The Morgan fingerprint density at radius 1 is 1.02 bits per heavy atom. The molecule has 0 unspecified atom stereocenters. The van der Waals surface area contributed by atoms with Gasteiger partial charge in [-0.25, -0.2) is 18.2 Å². The molecular weight excluding hydrogens is 679 g/mol. The number of piperidine rings is 1. The molecule has 14 heteroatoms. The average Bonchev–Trinajstić information content (AvgIpc) is 3.53. The first-order valence-electron chi connectivity index (χ1n) is 17.2. The first kappa shape index (κ1) is 35.8. The maximum Gasteiger partial charge on any atom is 0.348 e. The lowest BCUT2D eigenvalue weighted by Gasteiger charge is -2.44. The van der Waals surface area contributed by atoms with Crippen molar-refractivity contribution in [2.24, 2.45) is 11.8 Å². The molecule has 2 atom stereocenters. The monoisotopic (exact) mass is 723 g/mol. The van der Waals surface area contributed by atoms with E-state index < -0.39 is 40.1 Å². The summed E-state index contributed by atoms with van der Waals surface area (Å²) in [6, 6.07) is 12.0. The van der Waals surface area contributed by atoms with Crippen molar-refractivity contribution in [1.82, 2.24) is 9.29 Å². The van der Waals surface area contributed by atoms with Crippen LogP contribution in [0.3, 0.4) is 0 Å². The third-order valence-corrected chi connectivity index (χ3v) is 12.6. The van der Waals surface area contributed by atoms with Crippen molar-refractivity contribution in [2.45, 2.75) is 82.3 Å². The zero-order valence-electron chi connectivity index (χ0n) is 28.7. The van der Waals surface area contributed by atoms with Crippen LogP contribution in [0.2, 0.25) is 0 Å². The number of hydrogen-bond donors (Lipinski definition) is 2. The molecule has 268 valence electrons. The quantitative estimate of drug-likeness (QED) is 0.278. The number of thiophene rings is 1. The van der Waals surface area contributed by atoms with E-state index in [0.29, 0.717) is 31.0 Å². The van der Waals surface area contributed by atoms with Gasteiger partial charge in [-0.2, -0.15) is 4.31 Å². The Bertz CT molecular complexity index is 1850. The van der Waals surface area contributed by atoms with E-state index in [9.17, 15) is 27.9 Å². The summed E-state index contributed by atoms with van der Waals surface area (Å²) in [6.07, 6.45) is 7.24. The fourth-order valence-electron chi connectivity index (χ4n) is 7.36. The molecule has 1 saturated carbocycles. The number of amides is 1. The van der Waals surface area contributed by atoms with Gasteiger partial charge in [0.1, 0.15) is 15.4 Å². The van der Waals surface area contributed by atoms with Crippen molar-refractivity contribution in [1.29, 1.82) is 0 Å². The molecule has 2 saturated heterocycles. The number of piperazine rings is 1. The molecular formula is C36H45N5O7S2. The van der Waals surface area contributed by atoms with Crippen LogP contribution < -0.4 is 15.5 Å². The number of carboxylic acids is 1. The van der Waals surface area contributed by atoms with E-state index in [4.69, 9.17) is 10.5 Å². The van der Waals surface area contributed by atoms with Gasteiger partial charge in [-0.05, 0) is 70.1 Å². The first-order chi connectivity index (χ1) is 23.7. The second kappa shape index (κ2) is 14.3. The number of nitrogens with zero attached hydrogens (tertiary/aromatic N) is 4. The normalized spacial score (nSPS) is 21.3. The second-order valence-electron chi connectivity index (χ2n) is 14.4. The van der Waals surface area contributed by atoms with Crippen molar-refractivity contribution in [3.63, 3.8) is 0 Å². The summed E-state index contributed by atoms with van der Waals surface area (Å²) >= 11 is 1.11. The predicted molar refractivity (Wildman–Crippen MR) is 193 cm³/mol. The van der Waals surface area contributed by atoms with Gasteiger partial charge in [0, 0.05) is 30.7 Å². The van der Waals surface area contributed by atoms with E-state index >= 15 is 0 Å². The molecule has 1 aliphatic carbocycles. The van der Waals surface area contributed by atoms with E-state index in [1.165, 1.54) is 16.6 Å². The number of aromatic carboxylic acids is 1. The minimum atomic E-state index is -4.21. The molecule has 3 aromatic rings. The Morgan fingerprint density at radius 3 is 2.40 bits per heavy atom. The summed E-state index contributed by atoms with van der Waals surface area (Å²) in [6.45, 7) is 6.00. The van der Waals surface area contributed by atoms with Gasteiger partial charge in [0.2, 0.25) is 15.9 Å². The summed E-state index contributed by atoms with van der Waals surface area (Å²) in [7, 11) is -4.21. The third kappa shape index (κ3) is 7.52. The van der Waals surface area contributed by atoms with Crippen LogP contribution in [-0.2, 0) is 24.3 Å². The van der Waals surface area contributed by atoms with E-state index in [1.54, 1.807) is 11.0 Å². The topological polar surface area (TPSA) is 163 Å². The van der Waals surface area contributed by atoms with E-state index in [1.807, 2.05) is 56.0 Å². The van der Waals surface area contributed by atoms with Crippen LogP contribution in [0.4, 0.5) is 17.2 Å². The highest BCUT2D eigenvalue weighted by Gasteiger charge is 2.44. The van der Waals surface area contributed by atoms with Crippen LogP contribution in [-0.4, -0.2) is 78.5 Å². The van der Waals surface area contributed by atoms with Crippen molar-refractivity contribution in [3.8, 4) is 10.4 Å². The van der Waals surface area contributed by atoms with Gasteiger partial charge in [0.05, 0.1) is 29.9 Å². The number of ether oxygens (including phenoxy) is 1. The molecule has 0 radical (unpaired) electrons. The lowest BCUT2D eigenvalue weighted by molar-refractivity contribution is -0.160. The Labute approximate surface area is 297 Å². The van der Waals surface area contributed by atoms with Gasteiger partial charge >= 0.3 is 11.9 Å². The number of anilines is 3. The highest BCUT2D eigenvalue weighted by Crippen LogP contribution is 2.42. The van der Waals surface area contributed by atoms with Crippen LogP contribution >= 0.6 is 11.3 Å². The summed E-state index contributed by atoms with van der Waals surface area (Å²) < 4.78 is 35.1. The molecule has 1 amide bonds. The number of carboxylic acid groups (broad SMARTS) is 1. The molecule has 50 heavy (non-hydrogen) atoms. The standard InChI is InChI=1S/C36H45N5O7S2/c1-36(2,3)48-35(45)25-15-10-16-39(20-25)33-27(37)17-26(19-38-33)50(46,47)40-21-29(23-11-6-4-7-12-23)41(31(42)22-40)28-18-30(49-32(28)34(43)44)24-13-8-5-9-14-24/h5,8-9,13-14,17-19,23,25,29H,4,6-7,10-12,15-16,20-22,37H2,1-3H3,(H,43,44)/t25-,29-/m0/s1. The zero-order chi connectivity index (χ0) is 35.8. The first-order valence-corrected chi connectivity index (χ1v) is 19.5. The lowest BCUT2D eigenvalue weighted by atomic mass is 9.82. The maximum absolute atomic E-state index is 14.2. The Hall–Kier alpha value is -4.01. The van der Waals surface area contributed by atoms with Gasteiger partial charge in [0.15, 0.2) is 5.82 Å². The molecule has 0 spiro atoms. The van der Waals surface area contributed by atoms with Gasteiger partial charge in [-0.15, -0.1) is 11.3 Å². The molecule has 2 aromatic heterocycles. The maximum atomic E-state index is 14.2. The number of nitrogens with two attached hydrogens (primary N) is 1. The Kier molecular flexibility index (Phi) is 10.2. The minimum Gasteiger partial charge on any atom is -0.477 e. The predicted octanol–water partition coefficient (Wildman–Crippen LogP) is 5.64. The van der Waals surface area contributed by atoms with Crippen LogP contribution in [0.25, 0.3) is 10.4 Å². The average molecular weight is 724 g/mol. The highest BCUT2D eigenvalue weighted by molar-refractivity contribution is 7.89. The second-order valence-corrected chi connectivity index (χ2v) is 17.4. The smallest absolute Gasteiger partial charge is 0.348 e. The number of carbonyl (C=O) groups is 3. The number of esters is 1. The molecule has 3 N–H and O–H groups in total. The summed E-state index contributed by atoms with van der Waals surface area (Å²) in [4.78, 5) is 48.0.